The Morgan fingerprint density at radius 1 is 1.31 bits per heavy atom. The van der Waals surface area contributed by atoms with Gasteiger partial charge in [0.15, 0.2) is 0 Å². The lowest BCUT2D eigenvalue weighted by Crippen LogP contribution is -2.32. The first-order valence-electron chi connectivity index (χ1n) is 8.84. The molecule has 146 valence electrons. The predicted octanol–water partition coefficient (Wildman–Crippen LogP) is 3.58. The van der Waals surface area contributed by atoms with E-state index in [1.165, 1.54) is 6.26 Å². The number of allylic oxidation sites excluding steroid dienone is 1. The molecular formula is C17H30BN2O5P. The van der Waals surface area contributed by atoms with Crippen LogP contribution in [-0.4, -0.2) is 31.5 Å². The lowest BCUT2D eigenvalue weighted by molar-refractivity contribution is 0.220. The molecule has 26 heavy (non-hydrogen) atoms. The summed E-state index contributed by atoms with van der Waals surface area (Å²) >= 11 is 0. The van der Waals surface area contributed by atoms with Gasteiger partial charge in [0.05, 0.1) is 25.6 Å². The Morgan fingerprint density at radius 3 is 2.54 bits per heavy atom. The van der Waals surface area contributed by atoms with Crippen LogP contribution in [0.5, 0.6) is 5.75 Å². The van der Waals surface area contributed by atoms with Crippen molar-refractivity contribution >= 4 is 20.3 Å². The lowest BCUT2D eigenvalue weighted by Gasteiger charge is -2.16. The van der Waals surface area contributed by atoms with E-state index in [-0.39, 0.29) is 6.04 Å². The summed E-state index contributed by atoms with van der Waals surface area (Å²) in [5.74, 6) is 0.591. The van der Waals surface area contributed by atoms with E-state index >= 15 is 0 Å². The SMILES string of the molecule is CCOP(=O)(CC/C=C/Oc1cc(N)cc([C@H](C)NB(C)O)c1)OCC. The van der Waals surface area contributed by atoms with Gasteiger partial charge in [-0.15, -0.1) is 0 Å². The van der Waals surface area contributed by atoms with Crippen LogP contribution < -0.4 is 15.7 Å². The quantitative estimate of drug-likeness (QED) is 0.219. The first kappa shape index (κ1) is 22.7. The minimum absolute atomic E-state index is 0.0758. The van der Waals surface area contributed by atoms with Crippen LogP contribution >= 0.6 is 7.60 Å². The number of ether oxygens (including phenoxy) is 1. The van der Waals surface area contributed by atoms with E-state index < -0.39 is 14.6 Å². The summed E-state index contributed by atoms with van der Waals surface area (Å²) in [5.41, 5.74) is 7.40. The topological polar surface area (TPSA) is 103 Å². The Bertz CT molecular complexity index is 617. The van der Waals surface area contributed by atoms with Crippen LogP contribution in [0.4, 0.5) is 5.69 Å². The third-order valence-electron chi connectivity index (χ3n) is 3.46. The third kappa shape index (κ3) is 8.38. The highest BCUT2D eigenvalue weighted by Crippen LogP contribution is 2.48. The van der Waals surface area contributed by atoms with Crippen LogP contribution in [0.3, 0.4) is 0 Å². The number of nitrogen functional groups attached to an aromatic ring is 1. The minimum atomic E-state index is -3.03. The summed E-state index contributed by atoms with van der Waals surface area (Å²) in [5, 5.41) is 12.4. The van der Waals surface area contributed by atoms with Crippen molar-refractivity contribution in [2.24, 2.45) is 0 Å². The van der Waals surface area contributed by atoms with Crippen LogP contribution in [0.1, 0.15) is 38.8 Å². The van der Waals surface area contributed by atoms with Crippen LogP contribution in [0.15, 0.2) is 30.5 Å². The van der Waals surface area contributed by atoms with Gasteiger partial charge in [0.1, 0.15) is 5.75 Å². The van der Waals surface area contributed by atoms with Crippen LogP contribution in [-0.2, 0) is 13.6 Å². The predicted molar refractivity (Wildman–Crippen MR) is 106 cm³/mol. The zero-order chi connectivity index (χ0) is 19.6. The van der Waals surface area contributed by atoms with Crippen molar-refractivity contribution in [3.8, 4) is 5.75 Å². The first-order valence-corrected chi connectivity index (χ1v) is 10.6. The Labute approximate surface area is 156 Å². The fourth-order valence-corrected chi connectivity index (χ4v) is 3.99. The molecule has 0 heterocycles. The molecule has 0 unspecified atom stereocenters. The fourth-order valence-electron chi connectivity index (χ4n) is 2.41. The number of nitrogens with one attached hydrogen (secondary N) is 1. The van der Waals surface area contributed by atoms with Gasteiger partial charge in [0.2, 0.25) is 0 Å². The van der Waals surface area contributed by atoms with Gasteiger partial charge in [-0.1, -0.05) is 0 Å². The van der Waals surface area contributed by atoms with Crippen molar-refractivity contribution in [2.75, 3.05) is 25.1 Å². The van der Waals surface area contributed by atoms with Crippen molar-refractivity contribution in [3.05, 3.63) is 36.1 Å². The molecule has 1 aromatic rings. The van der Waals surface area contributed by atoms with E-state index in [1.54, 1.807) is 32.8 Å². The molecule has 0 aliphatic rings. The molecule has 0 aliphatic carbocycles. The summed E-state index contributed by atoms with van der Waals surface area (Å²) in [7, 11) is -3.66. The molecule has 0 saturated heterocycles. The molecule has 0 spiro atoms. The average Bonchev–Trinajstić information content (AvgIpc) is 2.54. The molecule has 0 aromatic heterocycles. The summed E-state index contributed by atoms with van der Waals surface area (Å²) < 4.78 is 28.4. The molecule has 0 radical (unpaired) electrons. The summed E-state index contributed by atoms with van der Waals surface area (Å²) in [6, 6.07) is 5.32. The lowest BCUT2D eigenvalue weighted by atomic mass is 9.86. The molecule has 1 atom stereocenters. The second-order valence-corrected chi connectivity index (χ2v) is 8.03. The maximum absolute atomic E-state index is 12.3. The molecule has 1 aromatic carbocycles. The van der Waals surface area contributed by atoms with Gasteiger partial charge >= 0.3 is 14.6 Å². The minimum Gasteiger partial charge on any atom is -0.465 e. The monoisotopic (exact) mass is 384 g/mol. The highest BCUT2D eigenvalue weighted by atomic mass is 31.2. The van der Waals surface area contributed by atoms with E-state index in [0.717, 1.165) is 5.56 Å². The number of nitrogens with two attached hydrogens (primary N) is 1. The molecule has 9 heteroatoms. The summed E-state index contributed by atoms with van der Waals surface area (Å²) in [6.07, 6.45) is 4.11. The molecule has 7 nitrogen and oxygen atoms in total. The Balaban J connectivity index is 2.62. The van der Waals surface area contributed by atoms with Gasteiger partial charge < -0.3 is 29.8 Å². The van der Waals surface area contributed by atoms with Gasteiger partial charge in [0, 0.05) is 17.8 Å². The van der Waals surface area contributed by atoms with Crippen LogP contribution in [0, 0.1) is 0 Å². The number of anilines is 1. The smallest absolute Gasteiger partial charge is 0.374 e. The number of rotatable bonds is 12. The number of benzene rings is 1. The van der Waals surface area contributed by atoms with Gasteiger partial charge in [-0.3, -0.25) is 4.57 Å². The van der Waals surface area contributed by atoms with E-state index in [9.17, 15) is 9.59 Å². The molecule has 0 aliphatic heterocycles. The highest BCUT2D eigenvalue weighted by molar-refractivity contribution is 7.53. The van der Waals surface area contributed by atoms with Gasteiger partial charge in [-0.05, 0) is 57.8 Å². The Kier molecular flexibility index (Phi) is 9.98. The Hall–Kier alpha value is -1.31. The second-order valence-electron chi connectivity index (χ2n) is 5.85. The first-order chi connectivity index (χ1) is 12.3. The average molecular weight is 384 g/mol. The molecule has 0 fully saturated rings. The standard InChI is InChI=1S/C17H30BN2O5P/c1-5-24-26(22,25-6-2)10-8-7-9-23-17-12-15(11-16(19)13-17)14(3)20-18(4)21/h7,9,11-14,20-21H,5-6,8,10,19H2,1-4H3/b9-7+/t14-/m0/s1. The molecule has 0 amide bonds. The van der Waals surface area contributed by atoms with Crippen LogP contribution in [0.2, 0.25) is 6.82 Å². The largest absolute Gasteiger partial charge is 0.465 e. The Morgan fingerprint density at radius 2 is 1.96 bits per heavy atom. The zero-order valence-electron chi connectivity index (χ0n) is 16.0. The van der Waals surface area contributed by atoms with Crippen molar-refractivity contribution in [1.82, 2.24) is 5.23 Å². The van der Waals surface area contributed by atoms with Crippen molar-refractivity contribution in [1.29, 1.82) is 0 Å². The number of hydrogen-bond acceptors (Lipinski definition) is 7. The molecular weight excluding hydrogens is 354 g/mol. The normalized spacial score (nSPS) is 13.1. The highest BCUT2D eigenvalue weighted by Gasteiger charge is 2.21. The summed E-state index contributed by atoms with van der Waals surface area (Å²) in [6.45, 7) is 7.86. The summed E-state index contributed by atoms with van der Waals surface area (Å²) in [4.78, 5) is 0. The fraction of sp³-hybridized carbons (Fsp3) is 0.529. The molecule has 1 rings (SSSR count). The van der Waals surface area contributed by atoms with Gasteiger partial charge in [-0.25, -0.2) is 0 Å². The molecule has 0 saturated carbocycles. The molecule has 0 bridgehead atoms. The van der Waals surface area contributed by atoms with Crippen molar-refractivity contribution < 1.29 is 23.4 Å². The second kappa shape index (κ2) is 11.4. The van der Waals surface area contributed by atoms with Gasteiger partial charge in [-0.2, -0.15) is 0 Å². The van der Waals surface area contributed by atoms with E-state index in [0.29, 0.717) is 37.2 Å². The molecule has 4 N–H and O–H groups in total. The third-order valence-corrected chi connectivity index (χ3v) is 5.57. The van der Waals surface area contributed by atoms with E-state index in [4.69, 9.17) is 19.5 Å². The van der Waals surface area contributed by atoms with Crippen molar-refractivity contribution in [2.45, 2.75) is 40.1 Å². The van der Waals surface area contributed by atoms with Crippen LogP contribution in [0.25, 0.3) is 0 Å². The zero-order valence-corrected chi connectivity index (χ0v) is 16.9. The van der Waals surface area contributed by atoms with E-state index in [1.807, 2.05) is 19.1 Å². The van der Waals surface area contributed by atoms with Gasteiger partial charge in [0.25, 0.3) is 0 Å². The maximum Gasteiger partial charge on any atom is 0.374 e. The van der Waals surface area contributed by atoms with Crippen molar-refractivity contribution in [3.63, 3.8) is 0 Å². The maximum atomic E-state index is 12.3. The van der Waals surface area contributed by atoms with E-state index in [2.05, 4.69) is 5.23 Å². The number of hydrogen-bond donors (Lipinski definition) is 3.